The van der Waals surface area contributed by atoms with Crippen molar-refractivity contribution < 1.29 is 4.74 Å². The second kappa shape index (κ2) is 2.49. The lowest BCUT2D eigenvalue weighted by molar-refractivity contribution is 0.104. The molecule has 3 saturated heterocycles. The molecule has 3 nitrogen and oxygen atoms in total. The minimum absolute atomic E-state index is 0.499. The van der Waals surface area contributed by atoms with Crippen LogP contribution in [0, 0.1) is 5.92 Å². The number of ether oxygens (including phenoxy) is 1. The number of rotatable bonds is 0. The molecule has 2 N–H and O–H groups in total. The number of hydrogen-bond acceptors (Lipinski definition) is 3. The number of piperidine rings is 1. The predicted octanol–water partition coefficient (Wildman–Crippen LogP) is -0.0291. The molecular weight excluding hydrogens is 128 g/mol. The number of nitrogens with zero attached hydrogens (tertiary/aromatic N) is 1. The van der Waals surface area contributed by atoms with Gasteiger partial charge in [0.1, 0.15) is 0 Å². The van der Waals surface area contributed by atoms with E-state index in [1.165, 1.54) is 12.8 Å². The molecule has 2 unspecified atom stereocenters. The molecule has 10 heavy (non-hydrogen) atoms. The van der Waals surface area contributed by atoms with Crippen LogP contribution >= 0.6 is 0 Å². The molecule has 0 radical (unpaired) electrons. The summed E-state index contributed by atoms with van der Waals surface area (Å²) < 4.78 is 5.43. The molecule has 0 aromatic rings. The van der Waals surface area contributed by atoms with E-state index in [4.69, 9.17) is 10.6 Å². The van der Waals surface area contributed by atoms with Crippen LogP contribution in [-0.2, 0) is 4.74 Å². The average molecular weight is 142 g/mol. The van der Waals surface area contributed by atoms with Crippen LogP contribution in [0.25, 0.3) is 0 Å². The summed E-state index contributed by atoms with van der Waals surface area (Å²) in [6, 6.07) is 0.499. The van der Waals surface area contributed by atoms with E-state index in [0.717, 1.165) is 19.8 Å². The van der Waals surface area contributed by atoms with Gasteiger partial charge in [-0.2, -0.15) is 0 Å². The van der Waals surface area contributed by atoms with Crippen molar-refractivity contribution in [3.8, 4) is 0 Å². The first kappa shape index (κ1) is 6.58. The molecule has 3 rings (SSSR count). The van der Waals surface area contributed by atoms with Gasteiger partial charge in [0.25, 0.3) is 0 Å². The Morgan fingerprint density at radius 2 is 2.20 bits per heavy atom. The Balaban J connectivity index is 2.07. The Labute approximate surface area is 61.1 Å². The quantitative estimate of drug-likeness (QED) is 0.483. The van der Waals surface area contributed by atoms with Gasteiger partial charge in [0, 0.05) is 12.6 Å². The first-order chi connectivity index (χ1) is 4.86. The van der Waals surface area contributed by atoms with Gasteiger partial charge in [-0.05, 0) is 18.8 Å². The summed E-state index contributed by atoms with van der Waals surface area (Å²) in [6.45, 7) is 2.79. The standard InChI is InChI=1S/C7H14N2O/c8-9-3-6-1-2-7(9)5-10-4-6/h6-7H,1-5,8H2. The Bertz CT molecular complexity index is 125. The van der Waals surface area contributed by atoms with Crippen LogP contribution < -0.4 is 5.84 Å². The lowest BCUT2D eigenvalue weighted by Crippen LogP contribution is -2.47. The highest BCUT2D eigenvalue weighted by atomic mass is 16.5. The van der Waals surface area contributed by atoms with Crippen molar-refractivity contribution in [3.05, 3.63) is 0 Å². The molecule has 3 heterocycles. The molecule has 2 atom stereocenters. The van der Waals surface area contributed by atoms with Crippen LogP contribution in [0.5, 0.6) is 0 Å². The van der Waals surface area contributed by atoms with Gasteiger partial charge in [-0.3, -0.25) is 5.84 Å². The number of hydrazine groups is 1. The smallest absolute Gasteiger partial charge is 0.0635 e. The zero-order chi connectivity index (χ0) is 6.97. The molecule has 0 aromatic heterocycles. The minimum atomic E-state index is 0.499. The highest BCUT2D eigenvalue weighted by molar-refractivity contribution is 4.81. The summed E-state index contributed by atoms with van der Waals surface area (Å²) in [4.78, 5) is 0. The molecule has 0 saturated carbocycles. The van der Waals surface area contributed by atoms with Crippen LogP contribution in [0.1, 0.15) is 12.8 Å². The molecule has 2 bridgehead atoms. The van der Waals surface area contributed by atoms with Crippen LogP contribution in [0.2, 0.25) is 0 Å². The molecular formula is C7H14N2O. The Morgan fingerprint density at radius 1 is 1.30 bits per heavy atom. The van der Waals surface area contributed by atoms with E-state index in [1.54, 1.807) is 0 Å². The minimum Gasteiger partial charge on any atom is -0.379 e. The maximum Gasteiger partial charge on any atom is 0.0635 e. The van der Waals surface area contributed by atoms with Gasteiger partial charge in [0.05, 0.1) is 13.2 Å². The first-order valence-electron chi connectivity index (χ1n) is 3.95. The van der Waals surface area contributed by atoms with Gasteiger partial charge in [-0.1, -0.05) is 0 Å². The highest BCUT2D eigenvalue weighted by Crippen LogP contribution is 2.23. The zero-order valence-electron chi connectivity index (χ0n) is 6.12. The van der Waals surface area contributed by atoms with E-state index in [0.29, 0.717) is 12.0 Å². The highest BCUT2D eigenvalue weighted by Gasteiger charge is 2.29. The summed E-state index contributed by atoms with van der Waals surface area (Å²) >= 11 is 0. The van der Waals surface area contributed by atoms with Gasteiger partial charge >= 0.3 is 0 Å². The summed E-state index contributed by atoms with van der Waals surface area (Å²) in [6.07, 6.45) is 2.53. The fraction of sp³-hybridized carbons (Fsp3) is 1.00. The maximum atomic E-state index is 5.77. The summed E-state index contributed by atoms with van der Waals surface area (Å²) in [5.74, 6) is 6.47. The fourth-order valence-electron chi connectivity index (χ4n) is 1.82. The van der Waals surface area contributed by atoms with Crippen molar-refractivity contribution in [1.29, 1.82) is 0 Å². The van der Waals surface area contributed by atoms with Gasteiger partial charge in [-0.25, -0.2) is 5.01 Å². The third kappa shape index (κ3) is 1.05. The molecule has 3 aliphatic heterocycles. The van der Waals surface area contributed by atoms with E-state index in [9.17, 15) is 0 Å². The fourth-order valence-corrected chi connectivity index (χ4v) is 1.82. The summed E-state index contributed by atoms with van der Waals surface area (Å²) in [5.41, 5.74) is 0. The van der Waals surface area contributed by atoms with Crippen LogP contribution in [0.15, 0.2) is 0 Å². The largest absolute Gasteiger partial charge is 0.379 e. The Morgan fingerprint density at radius 3 is 3.00 bits per heavy atom. The molecule has 3 heteroatoms. The Kier molecular flexibility index (Phi) is 1.64. The van der Waals surface area contributed by atoms with Crippen molar-refractivity contribution in [3.63, 3.8) is 0 Å². The van der Waals surface area contributed by atoms with E-state index in [2.05, 4.69) is 0 Å². The van der Waals surface area contributed by atoms with Crippen molar-refractivity contribution in [2.75, 3.05) is 19.8 Å². The van der Waals surface area contributed by atoms with E-state index >= 15 is 0 Å². The van der Waals surface area contributed by atoms with Crippen LogP contribution in [0.4, 0.5) is 0 Å². The van der Waals surface area contributed by atoms with Crippen molar-refractivity contribution in [2.45, 2.75) is 18.9 Å². The number of hydrogen-bond donors (Lipinski definition) is 1. The second-order valence-electron chi connectivity index (χ2n) is 3.33. The van der Waals surface area contributed by atoms with Gasteiger partial charge in [0.15, 0.2) is 0 Å². The van der Waals surface area contributed by atoms with Crippen LogP contribution in [0.3, 0.4) is 0 Å². The molecule has 0 amide bonds. The van der Waals surface area contributed by atoms with Gasteiger partial charge in [-0.15, -0.1) is 0 Å². The maximum absolute atomic E-state index is 5.77. The van der Waals surface area contributed by atoms with Crippen LogP contribution in [-0.4, -0.2) is 30.8 Å². The predicted molar refractivity (Wildman–Crippen MR) is 38.2 cm³/mol. The third-order valence-corrected chi connectivity index (χ3v) is 2.51. The molecule has 58 valence electrons. The monoisotopic (exact) mass is 142 g/mol. The van der Waals surface area contributed by atoms with Crippen molar-refractivity contribution in [1.82, 2.24) is 5.01 Å². The molecule has 3 aliphatic rings. The lowest BCUT2D eigenvalue weighted by atomic mass is 9.97. The van der Waals surface area contributed by atoms with Crippen molar-refractivity contribution in [2.24, 2.45) is 11.8 Å². The molecule has 0 aromatic carbocycles. The number of fused-ring (bicyclic) bond motifs is 4. The Hall–Kier alpha value is -0.120. The molecule has 0 spiro atoms. The second-order valence-corrected chi connectivity index (χ2v) is 3.33. The SMILES string of the molecule is NN1CC2CCC1COC2. The van der Waals surface area contributed by atoms with E-state index < -0.39 is 0 Å². The number of nitrogens with two attached hydrogens (primary N) is 1. The van der Waals surface area contributed by atoms with Gasteiger partial charge < -0.3 is 4.74 Å². The third-order valence-electron chi connectivity index (χ3n) is 2.51. The molecule has 3 fully saturated rings. The molecule has 0 aliphatic carbocycles. The van der Waals surface area contributed by atoms with E-state index in [-0.39, 0.29) is 0 Å². The van der Waals surface area contributed by atoms with E-state index in [1.807, 2.05) is 5.01 Å². The lowest BCUT2D eigenvalue weighted by Gasteiger charge is -2.31. The first-order valence-corrected chi connectivity index (χ1v) is 3.95. The average Bonchev–Trinajstić information content (AvgIpc) is 2.20. The summed E-state index contributed by atoms with van der Waals surface area (Å²) in [5, 5.41) is 1.95. The zero-order valence-corrected chi connectivity index (χ0v) is 6.12. The normalized spacial score (nSPS) is 41.7. The van der Waals surface area contributed by atoms with Crippen molar-refractivity contribution >= 4 is 0 Å². The summed E-state index contributed by atoms with van der Waals surface area (Å²) in [7, 11) is 0. The topological polar surface area (TPSA) is 38.5 Å². The van der Waals surface area contributed by atoms with Gasteiger partial charge in [0.2, 0.25) is 0 Å².